The van der Waals surface area contributed by atoms with Gasteiger partial charge in [-0.3, -0.25) is 9.59 Å². The Morgan fingerprint density at radius 1 is 1.15 bits per heavy atom. The number of benzene rings is 3. The summed E-state index contributed by atoms with van der Waals surface area (Å²) in [7, 11) is 0. The third-order valence-corrected chi connectivity index (χ3v) is 6.19. The van der Waals surface area contributed by atoms with Crippen LogP contribution in [0.15, 0.2) is 66.9 Å². The van der Waals surface area contributed by atoms with Crippen molar-refractivity contribution in [1.29, 1.82) is 0 Å². The average molecular weight is 494 g/mol. The molecule has 1 aliphatic rings. The smallest absolute Gasteiger partial charge is 0.259 e. The van der Waals surface area contributed by atoms with Gasteiger partial charge in [0.2, 0.25) is 6.41 Å². The highest BCUT2D eigenvalue weighted by atomic mass is 35.5. The first kappa shape index (κ1) is 23.3. The van der Waals surface area contributed by atoms with E-state index in [9.17, 15) is 14.7 Å². The summed E-state index contributed by atoms with van der Waals surface area (Å²) < 4.78 is 5.74. The number of aromatic nitrogens is 1. The van der Waals surface area contributed by atoms with Crippen molar-refractivity contribution in [3.05, 3.63) is 87.9 Å². The molecule has 5 rings (SSSR count). The summed E-state index contributed by atoms with van der Waals surface area (Å²) in [6.07, 6.45) is 2.36. The van der Waals surface area contributed by atoms with Crippen LogP contribution in [0.4, 0.5) is 5.69 Å². The molecule has 0 bridgehead atoms. The standard InChI is InChI=1S/C14H11NO2.C11H9ClN2O2S/c1-9-6-7-13-11(8-9)15-14(16)10-4-2-3-5-12(10)17-13;12-9-3-7(1-2-10(9)16)11-14-5-8(17-11)4-13-6-15/h2-8H,1H3,(H,15,16);1-3,5-6,16H,4H2,(H,13,15). The number of thiazole rings is 1. The number of carbonyl (C=O) groups is 2. The van der Waals surface area contributed by atoms with Gasteiger partial charge in [0.05, 0.1) is 22.8 Å². The van der Waals surface area contributed by atoms with Crippen LogP contribution in [-0.2, 0) is 11.3 Å². The Kier molecular flexibility index (Phi) is 7.10. The van der Waals surface area contributed by atoms with Gasteiger partial charge in [-0.1, -0.05) is 29.8 Å². The number of aryl methyl sites for hydroxylation is 1. The van der Waals surface area contributed by atoms with E-state index in [0.29, 0.717) is 40.7 Å². The monoisotopic (exact) mass is 493 g/mol. The van der Waals surface area contributed by atoms with E-state index in [0.717, 1.165) is 21.0 Å². The molecule has 0 fully saturated rings. The number of hydrogen-bond donors (Lipinski definition) is 3. The predicted octanol–water partition coefficient (Wildman–Crippen LogP) is 5.77. The number of ether oxygens (including phenoxy) is 1. The summed E-state index contributed by atoms with van der Waals surface area (Å²) in [5.74, 6) is 1.18. The fourth-order valence-electron chi connectivity index (χ4n) is 3.19. The van der Waals surface area contributed by atoms with Gasteiger partial charge < -0.3 is 20.5 Å². The van der Waals surface area contributed by atoms with Crippen molar-refractivity contribution in [3.63, 3.8) is 0 Å². The first-order valence-corrected chi connectivity index (χ1v) is 11.4. The molecule has 7 nitrogen and oxygen atoms in total. The summed E-state index contributed by atoms with van der Waals surface area (Å²) in [6.45, 7) is 2.44. The number of carbonyl (C=O) groups excluding carboxylic acids is 2. The van der Waals surface area contributed by atoms with E-state index in [1.165, 1.54) is 17.4 Å². The van der Waals surface area contributed by atoms with Crippen LogP contribution in [-0.4, -0.2) is 22.4 Å². The van der Waals surface area contributed by atoms with Gasteiger partial charge in [-0.05, 0) is 55.0 Å². The summed E-state index contributed by atoms with van der Waals surface area (Å²) in [6, 6.07) is 17.9. The molecule has 1 aromatic heterocycles. The molecule has 0 aliphatic carbocycles. The number of rotatable bonds is 4. The SMILES string of the molecule is Cc1ccc2c(c1)NC(=O)c1ccccc1O2.O=CNCc1cnc(-c2ccc(O)c(Cl)c2)s1. The second-order valence-corrected chi connectivity index (χ2v) is 8.87. The highest BCUT2D eigenvalue weighted by Gasteiger charge is 2.19. The summed E-state index contributed by atoms with van der Waals surface area (Å²) in [4.78, 5) is 27.3. The van der Waals surface area contributed by atoms with Crippen LogP contribution < -0.4 is 15.4 Å². The second kappa shape index (κ2) is 10.4. The number of phenolic OH excluding ortho intramolecular Hbond substituents is 1. The van der Waals surface area contributed by atoms with Gasteiger partial charge in [0.25, 0.3) is 5.91 Å². The van der Waals surface area contributed by atoms with Gasteiger partial charge in [0.15, 0.2) is 5.75 Å². The second-order valence-electron chi connectivity index (χ2n) is 7.35. The number of amides is 2. The molecule has 4 aromatic rings. The molecule has 0 saturated carbocycles. The lowest BCUT2D eigenvalue weighted by Gasteiger charge is -2.07. The Bertz CT molecular complexity index is 1360. The molecule has 1 aliphatic heterocycles. The van der Waals surface area contributed by atoms with Crippen molar-refractivity contribution < 1.29 is 19.4 Å². The molecule has 0 radical (unpaired) electrons. The quantitative estimate of drug-likeness (QED) is 0.313. The van der Waals surface area contributed by atoms with Crippen molar-refractivity contribution in [3.8, 4) is 27.8 Å². The van der Waals surface area contributed by atoms with Crippen LogP contribution in [0.3, 0.4) is 0 Å². The first-order valence-electron chi connectivity index (χ1n) is 10.2. The zero-order valence-corrected chi connectivity index (χ0v) is 19.6. The van der Waals surface area contributed by atoms with Crippen LogP contribution in [0.5, 0.6) is 17.2 Å². The van der Waals surface area contributed by atoms with Gasteiger partial charge in [-0.2, -0.15) is 0 Å². The Morgan fingerprint density at radius 3 is 2.76 bits per heavy atom. The molecule has 2 amide bonds. The minimum absolute atomic E-state index is 0.0508. The molecule has 0 unspecified atom stereocenters. The van der Waals surface area contributed by atoms with Crippen molar-refractivity contribution >= 4 is 40.9 Å². The van der Waals surface area contributed by atoms with Crippen LogP contribution >= 0.6 is 22.9 Å². The Balaban J connectivity index is 0.000000161. The average Bonchev–Trinajstić information content (AvgIpc) is 3.25. The number of fused-ring (bicyclic) bond motifs is 2. The van der Waals surface area contributed by atoms with Crippen molar-refractivity contribution in [2.45, 2.75) is 13.5 Å². The molecule has 2 heterocycles. The number of phenols is 1. The van der Waals surface area contributed by atoms with Gasteiger partial charge in [-0.15, -0.1) is 11.3 Å². The number of halogens is 1. The van der Waals surface area contributed by atoms with Crippen LogP contribution in [0.2, 0.25) is 5.02 Å². The lowest BCUT2D eigenvalue weighted by molar-refractivity contribution is -0.109. The summed E-state index contributed by atoms with van der Waals surface area (Å²) in [5, 5.41) is 15.8. The lowest BCUT2D eigenvalue weighted by Crippen LogP contribution is -2.10. The zero-order valence-electron chi connectivity index (χ0n) is 18.0. The van der Waals surface area contributed by atoms with E-state index in [2.05, 4.69) is 15.6 Å². The zero-order chi connectivity index (χ0) is 24.1. The largest absolute Gasteiger partial charge is 0.506 e. The van der Waals surface area contributed by atoms with Crippen LogP contribution in [0.1, 0.15) is 20.8 Å². The predicted molar refractivity (Wildman–Crippen MR) is 133 cm³/mol. The molecule has 3 aromatic carbocycles. The van der Waals surface area contributed by atoms with Gasteiger partial charge in [0.1, 0.15) is 16.5 Å². The topological polar surface area (TPSA) is 101 Å². The Hall–Kier alpha value is -3.88. The molecule has 0 atom stereocenters. The van der Waals surface area contributed by atoms with E-state index in [1.54, 1.807) is 30.5 Å². The molecular weight excluding hydrogens is 474 g/mol. The van der Waals surface area contributed by atoms with Gasteiger partial charge >= 0.3 is 0 Å². The van der Waals surface area contributed by atoms with Crippen molar-refractivity contribution in [2.24, 2.45) is 0 Å². The molecule has 34 heavy (non-hydrogen) atoms. The van der Waals surface area contributed by atoms with Gasteiger partial charge in [-0.25, -0.2) is 4.98 Å². The van der Waals surface area contributed by atoms with E-state index < -0.39 is 0 Å². The fourth-order valence-corrected chi connectivity index (χ4v) is 4.23. The Morgan fingerprint density at radius 2 is 1.97 bits per heavy atom. The third kappa shape index (κ3) is 5.36. The highest BCUT2D eigenvalue weighted by molar-refractivity contribution is 7.15. The maximum absolute atomic E-state index is 12.0. The number of para-hydroxylation sites is 1. The fraction of sp³-hybridized carbons (Fsp3) is 0.0800. The van der Waals surface area contributed by atoms with E-state index in [1.807, 2.05) is 37.3 Å². The summed E-state index contributed by atoms with van der Waals surface area (Å²) in [5.41, 5.74) is 3.20. The number of aromatic hydroxyl groups is 1. The van der Waals surface area contributed by atoms with Crippen LogP contribution in [0.25, 0.3) is 10.6 Å². The van der Waals surface area contributed by atoms with E-state index >= 15 is 0 Å². The number of anilines is 1. The molecular formula is C25H20ClN3O4S. The van der Waals surface area contributed by atoms with E-state index in [4.69, 9.17) is 16.3 Å². The molecule has 0 saturated heterocycles. The molecule has 0 spiro atoms. The highest BCUT2D eigenvalue weighted by Crippen LogP contribution is 2.36. The van der Waals surface area contributed by atoms with Crippen LogP contribution in [0, 0.1) is 6.92 Å². The molecule has 3 N–H and O–H groups in total. The number of nitrogens with one attached hydrogen (secondary N) is 2. The normalized spacial score (nSPS) is 11.5. The van der Waals surface area contributed by atoms with E-state index in [-0.39, 0.29) is 11.7 Å². The lowest BCUT2D eigenvalue weighted by atomic mass is 10.2. The maximum Gasteiger partial charge on any atom is 0.259 e. The maximum atomic E-state index is 12.0. The minimum atomic E-state index is -0.134. The van der Waals surface area contributed by atoms with Gasteiger partial charge in [0, 0.05) is 16.6 Å². The number of nitrogens with zero attached hydrogens (tertiary/aromatic N) is 1. The molecule has 9 heteroatoms. The minimum Gasteiger partial charge on any atom is -0.506 e. The first-order chi connectivity index (χ1) is 16.4. The number of hydrogen-bond acceptors (Lipinski definition) is 6. The van der Waals surface area contributed by atoms with Crippen molar-refractivity contribution in [2.75, 3.05) is 5.32 Å². The summed E-state index contributed by atoms with van der Waals surface area (Å²) >= 11 is 7.29. The Labute approximate surface area is 205 Å². The molecule has 172 valence electrons. The third-order valence-electron chi connectivity index (χ3n) is 4.84. The van der Waals surface area contributed by atoms with Crippen molar-refractivity contribution in [1.82, 2.24) is 10.3 Å².